The molecule has 2 aromatic carbocycles. The molecule has 4 aromatic rings. The number of rotatable bonds is 3. The Morgan fingerprint density at radius 3 is 2.50 bits per heavy atom. The maximum absolute atomic E-state index is 13.5. The first kappa shape index (κ1) is 16.6. The van der Waals surface area contributed by atoms with Crippen molar-refractivity contribution in [3.8, 4) is 22.5 Å². The Morgan fingerprint density at radius 1 is 0.962 bits per heavy atom. The van der Waals surface area contributed by atoms with Crippen LogP contribution in [0.2, 0.25) is 0 Å². The van der Waals surface area contributed by atoms with Gasteiger partial charge in [0.1, 0.15) is 11.6 Å². The topological polar surface area (TPSA) is 50.7 Å². The van der Waals surface area contributed by atoms with E-state index >= 15 is 0 Å². The summed E-state index contributed by atoms with van der Waals surface area (Å²) in [5.74, 6) is 1.07. The van der Waals surface area contributed by atoms with Gasteiger partial charge in [-0.05, 0) is 63.5 Å². The molecule has 128 valence electrons. The molecule has 0 aliphatic carbocycles. The SMILES string of the molecule is CNc1nc(-c2cccnc2)nc2ccc(-c3ccc(F)c(Br)c3)cc12. The number of halogens is 2. The van der Waals surface area contributed by atoms with Gasteiger partial charge in [-0.1, -0.05) is 12.1 Å². The van der Waals surface area contributed by atoms with Crippen molar-refractivity contribution in [3.63, 3.8) is 0 Å². The smallest absolute Gasteiger partial charge is 0.163 e. The van der Waals surface area contributed by atoms with E-state index in [4.69, 9.17) is 0 Å². The monoisotopic (exact) mass is 408 g/mol. The van der Waals surface area contributed by atoms with Gasteiger partial charge in [-0.2, -0.15) is 0 Å². The van der Waals surface area contributed by atoms with Gasteiger partial charge in [-0.25, -0.2) is 14.4 Å². The molecular weight excluding hydrogens is 395 g/mol. The maximum Gasteiger partial charge on any atom is 0.163 e. The van der Waals surface area contributed by atoms with Crippen LogP contribution in [0.15, 0.2) is 65.4 Å². The van der Waals surface area contributed by atoms with Crippen LogP contribution in [0.4, 0.5) is 10.2 Å². The lowest BCUT2D eigenvalue weighted by Gasteiger charge is -2.10. The number of fused-ring (bicyclic) bond motifs is 1. The largest absolute Gasteiger partial charge is 0.373 e. The van der Waals surface area contributed by atoms with Gasteiger partial charge in [0.2, 0.25) is 0 Å². The highest BCUT2D eigenvalue weighted by Crippen LogP contribution is 2.31. The minimum absolute atomic E-state index is 0.283. The molecule has 0 fully saturated rings. The summed E-state index contributed by atoms with van der Waals surface area (Å²) < 4.78 is 13.9. The van der Waals surface area contributed by atoms with Gasteiger partial charge in [0.25, 0.3) is 0 Å². The fourth-order valence-electron chi connectivity index (χ4n) is 2.80. The molecule has 0 aliphatic heterocycles. The van der Waals surface area contributed by atoms with Gasteiger partial charge < -0.3 is 5.32 Å². The number of nitrogens with zero attached hydrogens (tertiary/aromatic N) is 3. The van der Waals surface area contributed by atoms with Crippen LogP contribution >= 0.6 is 15.9 Å². The van der Waals surface area contributed by atoms with E-state index in [1.165, 1.54) is 6.07 Å². The number of pyridine rings is 1. The Kier molecular flexibility index (Phi) is 4.34. The van der Waals surface area contributed by atoms with Crippen molar-refractivity contribution in [1.29, 1.82) is 0 Å². The molecule has 6 heteroatoms. The zero-order valence-electron chi connectivity index (χ0n) is 13.9. The quantitative estimate of drug-likeness (QED) is 0.499. The number of anilines is 1. The molecular formula is C20H14BrFN4. The molecule has 0 atom stereocenters. The summed E-state index contributed by atoms with van der Waals surface area (Å²) in [5.41, 5.74) is 3.57. The standard InChI is InChI=1S/C20H14BrFN4/c1-23-20-15-9-12(13-4-6-17(22)16(21)10-13)5-7-18(15)25-19(26-20)14-3-2-8-24-11-14/h2-11H,1H3,(H,23,25,26). The van der Waals surface area contributed by atoms with Crippen molar-refractivity contribution >= 4 is 32.7 Å². The molecule has 0 unspecified atom stereocenters. The average Bonchev–Trinajstić information content (AvgIpc) is 2.69. The number of aromatic nitrogens is 3. The fraction of sp³-hybridized carbons (Fsp3) is 0.0500. The Morgan fingerprint density at radius 2 is 1.77 bits per heavy atom. The summed E-state index contributed by atoms with van der Waals surface area (Å²) in [6, 6.07) is 14.7. The number of benzene rings is 2. The van der Waals surface area contributed by atoms with Crippen LogP contribution in [-0.4, -0.2) is 22.0 Å². The molecule has 0 amide bonds. The summed E-state index contributed by atoms with van der Waals surface area (Å²) in [7, 11) is 1.83. The van der Waals surface area contributed by atoms with Crippen molar-refractivity contribution in [3.05, 3.63) is 71.2 Å². The van der Waals surface area contributed by atoms with E-state index in [9.17, 15) is 4.39 Å². The first-order valence-corrected chi connectivity index (χ1v) is 8.80. The molecule has 4 rings (SSSR count). The van der Waals surface area contributed by atoms with Crippen LogP contribution in [-0.2, 0) is 0 Å². The minimum Gasteiger partial charge on any atom is -0.373 e. The Balaban J connectivity index is 1.87. The molecule has 2 aromatic heterocycles. The minimum atomic E-state index is -0.283. The summed E-state index contributed by atoms with van der Waals surface area (Å²) in [6.07, 6.45) is 3.46. The van der Waals surface area contributed by atoms with Crippen molar-refractivity contribution in [1.82, 2.24) is 15.0 Å². The van der Waals surface area contributed by atoms with E-state index in [2.05, 4.69) is 36.2 Å². The van der Waals surface area contributed by atoms with Gasteiger partial charge in [0.05, 0.1) is 9.99 Å². The lowest BCUT2D eigenvalue weighted by molar-refractivity contribution is 0.621. The van der Waals surface area contributed by atoms with Crippen LogP contribution < -0.4 is 5.32 Å². The molecule has 4 nitrogen and oxygen atoms in total. The maximum atomic E-state index is 13.5. The van der Waals surface area contributed by atoms with Crippen molar-refractivity contribution < 1.29 is 4.39 Å². The highest BCUT2D eigenvalue weighted by Gasteiger charge is 2.11. The third-order valence-corrected chi connectivity index (χ3v) is 4.71. The first-order chi connectivity index (χ1) is 12.7. The van der Waals surface area contributed by atoms with Crippen molar-refractivity contribution in [2.75, 3.05) is 12.4 Å². The zero-order valence-corrected chi connectivity index (χ0v) is 15.5. The molecule has 0 spiro atoms. The summed E-state index contributed by atoms with van der Waals surface area (Å²) >= 11 is 3.24. The van der Waals surface area contributed by atoms with Crippen LogP contribution in [0, 0.1) is 5.82 Å². The third-order valence-electron chi connectivity index (χ3n) is 4.11. The Labute approximate surface area is 158 Å². The lowest BCUT2D eigenvalue weighted by atomic mass is 10.0. The molecule has 26 heavy (non-hydrogen) atoms. The van der Waals surface area contributed by atoms with E-state index in [1.54, 1.807) is 24.5 Å². The van der Waals surface area contributed by atoms with Gasteiger partial charge in [0, 0.05) is 30.4 Å². The molecule has 1 N–H and O–H groups in total. The summed E-state index contributed by atoms with van der Waals surface area (Å²) in [5, 5.41) is 4.04. The van der Waals surface area contributed by atoms with E-state index in [1.807, 2.05) is 37.4 Å². The normalized spacial score (nSPS) is 10.9. The molecule has 0 saturated carbocycles. The summed E-state index contributed by atoms with van der Waals surface area (Å²) in [4.78, 5) is 13.4. The molecule has 2 heterocycles. The van der Waals surface area contributed by atoms with Gasteiger partial charge >= 0.3 is 0 Å². The fourth-order valence-corrected chi connectivity index (χ4v) is 3.18. The van der Waals surface area contributed by atoms with Gasteiger partial charge in [-0.3, -0.25) is 4.98 Å². The predicted octanol–water partition coefficient (Wildman–Crippen LogP) is 5.30. The molecule has 0 aliphatic rings. The van der Waals surface area contributed by atoms with E-state index in [-0.39, 0.29) is 5.82 Å². The Bertz CT molecular complexity index is 1100. The van der Waals surface area contributed by atoms with E-state index in [0.29, 0.717) is 10.3 Å². The van der Waals surface area contributed by atoms with Crippen LogP contribution in [0.3, 0.4) is 0 Å². The van der Waals surface area contributed by atoms with E-state index < -0.39 is 0 Å². The highest BCUT2D eigenvalue weighted by molar-refractivity contribution is 9.10. The lowest BCUT2D eigenvalue weighted by Crippen LogP contribution is -1.99. The third kappa shape index (κ3) is 3.04. The van der Waals surface area contributed by atoms with Crippen molar-refractivity contribution in [2.45, 2.75) is 0 Å². The highest BCUT2D eigenvalue weighted by atomic mass is 79.9. The Hall–Kier alpha value is -2.86. The molecule has 0 saturated heterocycles. The summed E-state index contributed by atoms with van der Waals surface area (Å²) in [6.45, 7) is 0. The van der Waals surface area contributed by atoms with Crippen LogP contribution in [0.1, 0.15) is 0 Å². The number of hydrogen-bond acceptors (Lipinski definition) is 4. The number of nitrogens with one attached hydrogen (secondary N) is 1. The second kappa shape index (κ2) is 6.80. The van der Waals surface area contributed by atoms with Crippen LogP contribution in [0.25, 0.3) is 33.4 Å². The van der Waals surface area contributed by atoms with Gasteiger partial charge in [-0.15, -0.1) is 0 Å². The van der Waals surface area contributed by atoms with E-state index in [0.717, 1.165) is 33.4 Å². The van der Waals surface area contributed by atoms with Crippen LogP contribution in [0.5, 0.6) is 0 Å². The second-order valence-electron chi connectivity index (χ2n) is 5.75. The average molecular weight is 409 g/mol. The second-order valence-corrected chi connectivity index (χ2v) is 6.60. The number of hydrogen-bond donors (Lipinski definition) is 1. The predicted molar refractivity (Wildman–Crippen MR) is 105 cm³/mol. The zero-order chi connectivity index (χ0) is 18.1. The molecule has 0 radical (unpaired) electrons. The first-order valence-electron chi connectivity index (χ1n) is 8.01. The van der Waals surface area contributed by atoms with Crippen molar-refractivity contribution in [2.24, 2.45) is 0 Å². The molecule has 0 bridgehead atoms. The van der Waals surface area contributed by atoms with Gasteiger partial charge in [0.15, 0.2) is 5.82 Å².